The number of phenols is 1. The molecule has 0 aromatic heterocycles. The molecule has 2 rings (SSSR count). The number of aromatic hydroxyl groups is 1. The maximum Gasteiger partial charge on any atom is 0.276 e. The van der Waals surface area contributed by atoms with Crippen molar-refractivity contribution in [3.63, 3.8) is 0 Å². The summed E-state index contributed by atoms with van der Waals surface area (Å²) in [6, 6.07) is 12.4. The van der Waals surface area contributed by atoms with Crippen LogP contribution in [0.5, 0.6) is 5.75 Å². The Morgan fingerprint density at radius 1 is 1.05 bits per heavy atom. The summed E-state index contributed by atoms with van der Waals surface area (Å²) in [7, 11) is -3.67. The quantitative estimate of drug-likeness (QED) is 0.653. The summed E-state index contributed by atoms with van der Waals surface area (Å²) in [4.78, 5) is 2.25. The maximum absolute atomic E-state index is 11.9. The van der Waals surface area contributed by atoms with Crippen LogP contribution in [0, 0.1) is 0 Å². The van der Waals surface area contributed by atoms with Crippen molar-refractivity contribution in [2.24, 2.45) is 5.10 Å². The standard InChI is InChI=1S/C13H11BrN2O3S/c14-11-3-7-13(8-4-11)20(18,19)16-15-9-10-1-5-12(17)6-2-10/h1-9,16-17H/b15-9-. The number of halogens is 1. The fourth-order valence-electron chi connectivity index (χ4n) is 1.40. The number of rotatable bonds is 4. The van der Waals surface area contributed by atoms with Crippen LogP contribution in [0.4, 0.5) is 0 Å². The average molecular weight is 355 g/mol. The monoisotopic (exact) mass is 354 g/mol. The van der Waals surface area contributed by atoms with E-state index >= 15 is 0 Å². The number of phenolic OH excluding ortho intramolecular Hbond substituents is 1. The van der Waals surface area contributed by atoms with Crippen LogP contribution in [0.25, 0.3) is 0 Å². The highest BCUT2D eigenvalue weighted by Gasteiger charge is 2.11. The lowest BCUT2D eigenvalue weighted by molar-refractivity contribution is 0.475. The van der Waals surface area contributed by atoms with E-state index in [1.165, 1.54) is 30.5 Å². The van der Waals surface area contributed by atoms with Gasteiger partial charge in [0.2, 0.25) is 0 Å². The highest BCUT2D eigenvalue weighted by molar-refractivity contribution is 9.10. The van der Waals surface area contributed by atoms with Crippen LogP contribution in [0.2, 0.25) is 0 Å². The van der Waals surface area contributed by atoms with E-state index in [1.807, 2.05) is 0 Å². The summed E-state index contributed by atoms with van der Waals surface area (Å²) in [5.74, 6) is 0.137. The number of nitrogens with one attached hydrogen (secondary N) is 1. The molecule has 0 bridgehead atoms. The summed E-state index contributed by atoms with van der Waals surface area (Å²) < 4.78 is 24.6. The van der Waals surface area contributed by atoms with E-state index in [9.17, 15) is 8.42 Å². The van der Waals surface area contributed by atoms with Crippen LogP contribution in [0.15, 0.2) is 63.0 Å². The molecule has 0 unspecified atom stereocenters. The summed E-state index contributed by atoms with van der Waals surface area (Å²) in [5.41, 5.74) is 0.668. The third kappa shape index (κ3) is 3.82. The van der Waals surface area contributed by atoms with Crippen molar-refractivity contribution in [3.05, 3.63) is 58.6 Å². The Morgan fingerprint density at radius 3 is 2.25 bits per heavy atom. The first-order valence-corrected chi connectivity index (χ1v) is 7.84. The molecule has 0 aliphatic rings. The second-order valence-electron chi connectivity index (χ2n) is 3.90. The largest absolute Gasteiger partial charge is 0.508 e. The average Bonchev–Trinajstić information content (AvgIpc) is 2.41. The molecule has 0 aliphatic heterocycles. The van der Waals surface area contributed by atoms with Gasteiger partial charge in [-0.2, -0.15) is 13.5 Å². The summed E-state index contributed by atoms with van der Waals surface area (Å²) in [6.07, 6.45) is 1.36. The second-order valence-corrected chi connectivity index (χ2v) is 6.47. The van der Waals surface area contributed by atoms with Gasteiger partial charge in [-0.1, -0.05) is 15.9 Å². The minimum atomic E-state index is -3.67. The molecular formula is C13H11BrN2O3S. The van der Waals surface area contributed by atoms with E-state index in [0.717, 1.165) is 4.47 Å². The van der Waals surface area contributed by atoms with Gasteiger partial charge in [-0.15, -0.1) is 0 Å². The Kier molecular flexibility index (Phi) is 4.41. The third-order valence-corrected chi connectivity index (χ3v) is 4.17. The van der Waals surface area contributed by atoms with Crippen molar-refractivity contribution in [2.75, 3.05) is 0 Å². The molecule has 7 heteroatoms. The van der Waals surface area contributed by atoms with Gasteiger partial charge in [0, 0.05) is 4.47 Å². The van der Waals surface area contributed by atoms with Crippen molar-refractivity contribution >= 4 is 32.2 Å². The molecule has 0 radical (unpaired) electrons. The van der Waals surface area contributed by atoms with Crippen molar-refractivity contribution in [3.8, 4) is 5.75 Å². The minimum Gasteiger partial charge on any atom is -0.508 e. The van der Waals surface area contributed by atoms with Gasteiger partial charge in [0.25, 0.3) is 10.0 Å². The predicted octanol–water partition coefficient (Wildman–Crippen LogP) is 2.47. The highest BCUT2D eigenvalue weighted by atomic mass is 79.9. The molecule has 2 aromatic carbocycles. The van der Waals surface area contributed by atoms with E-state index in [2.05, 4.69) is 25.9 Å². The Morgan fingerprint density at radius 2 is 1.65 bits per heavy atom. The molecule has 0 saturated heterocycles. The van der Waals surface area contributed by atoms with Gasteiger partial charge >= 0.3 is 0 Å². The maximum atomic E-state index is 11.9. The molecule has 104 valence electrons. The molecule has 0 aliphatic carbocycles. The van der Waals surface area contributed by atoms with Gasteiger partial charge in [0.15, 0.2) is 0 Å². The number of nitrogens with zero attached hydrogens (tertiary/aromatic N) is 1. The van der Waals surface area contributed by atoms with Crippen LogP contribution in [-0.4, -0.2) is 19.7 Å². The first-order chi connectivity index (χ1) is 9.47. The van der Waals surface area contributed by atoms with E-state index in [4.69, 9.17) is 5.11 Å². The van der Waals surface area contributed by atoms with Gasteiger partial charge in [-0.3, -0.25) is 0 Å². The van der Waals surface area contributed by atoms with Gasteiger partial charge < -0.3 is 5.11 Å². The van der Waals surface area contributed by atoms with E-state index in [0.29, 0.717) is 5.56 Å². The normalized spacial score (nSPS) is 11.7. The molecule has 0 fully saturated rings. The minimum absolute atomic E-state index is 0.128. The Hall–Kier alpha value is -1.86. The molecule has 0 spiro atoms. The number of hydrazone groups is 1. The van der Waals surface area contributed by atoms with E-state index in [1.54, 1.807) is 24.3 Å². The first kappa shape index (κ1) is 14.5. The lowest BCUT2D eigenvalue weighted by atomic mass is 10.2. The van der Waals surface area contributed by atoms with Crippen molar-refractivity contribution in [2.45, 2.75) is 4.90 Å². The van der Waals surface area contributed by atoms with Gasteiger partial charge in [-0.25, -0.2) is 4.83 Å². The molecule has 0 heterocycles. The second kappa shape index (κ2) is 6.06. The summed E-state index contributed by atoms with van der Waals surface area (Å²) in [6.45, 7) is 0. The van der Waals surface area contributed by atoms with E-state index < -0.39 is 10.0 Å². The zero-order chi connectivity index (χ0) is 14.6. The number of benzene rings is 2. The fraction of sp³-hybridized carbons (Fsp3) is 0. The summed E-state index contributed by atoms with van der Waals surface area (Å²) >= 11 is 3.24. The summed E-state index contributed by atoms with van der Waals surface area (Å²) in [5, 5.41) is 12.8. The van der Waals surface area contributed by atoms with Crippen LogP contribution in [0.3, 0.4) is 0 Å². The zero-order valence-electron chi connectivity index (χ0n) is 10.2. The number of sulfonamides is 1. The fourth-order valence-corrected chi connectivity index (χ4v) is 2.45. The van der Waals surface area contributed by atoms with Gasteiger partial charge in [0.05, 0.1) is 11.1 Å². The van der Waals surface area contributed by atoms with Gasteiger partial charge in [-0.05, 0) is 54.1 Å². The van der Waals surface area contributed by atoms with Crippen molar-refractivity contribution in [1.29, 1.82) is 0 Å². The van der Waals surface area contributed by atoms with Gasteiger partial charge in [0.1, 0.15) is 5.75 Å². The molecule has 0 amide bonds. The molecule has 0 saturated carbocycles. The van der Waals surface area contributed by atoms with Crippen LogP contribution in [0.1, 0.15) is 5.56 Å². The molecular weight excluding hydrogens is 344 g/mol. The lowest BCUT2D eigenvalue weighted by Gasteiger charge is -2.03. The topological polar surface area (TPSA) is 78.8 Å². The van der Waals surface area contributed by atoms with Crippen LogP contribution in [-0.2, 0) is 10.0 Å². The molecule has 2 N–H and O–H groups in total. The predicted molar refractivity (Wildman–Crippen MR) is 80.2 cm³/mol. The van der Waals surface area contributed by atoms with Crippen LogP contribution >= 0.6 is 15.9 Å². The van der Waals surface area contributed by atoms with Crippen molar-refractivity contribution < 1.29 is 13.5 Å². The smallest absolute Gasteiger partial charge is 0.276 e. The zero-order valence-corrected chi connectivity index (χ0v) is 12.6. The Balaban J connectivity index is 2.09. The Bertz CT molecular complexity index is 710. The number of hydrogen-bond acceptors (Lipinski definition) is 4. The first-order valence-electron chi connectivity index (χ1n) is 5.57. The molecule has 20 heavy (non-hydrogen) atoms. The molecule has 2 aromatic rings. The molecule has 5 nitrogen and oxygen atoms in total. The van der Waals surface area contributed by atoms with Crippen LogP contribution < -0.4 is 4.83 Å². The third-order valence-electron chi connectivity index (χ3n) is 2.40. The van der Waals surface area contributed by atoms with Crippen molar-refractivity contribution in [1.82, 2.24) is 4.83 Å². The van der Waals surface area contributed by atoms with E-state index in [-0.39, 0.29) is 10.6 Å². The molecule has 0 atom stereocenters. The highest BCUT2D eigenvalue weighted by Crippen LogP contribution is 2.14. The lowest BCUT2D eigenvalue weighted by Crippen LogP contribution is -2.18. The Labute approximate surface area is 125 Å². The SMILES string of the molecule is O=S(=O)(N/N=C\c1ccc(O)cc1)c1ccc(Br)cc1. The number of hydrogen-bond donors (Lipinski definition) is 2.